The SMILES string of the molecule is CN1/C(=C\C(=O)COC(=O)Cc2ccc(Br)cc2)C(C)(C)c2ccccc21. The summed E-state index contributed by atoms with van der Waals surface area (Å²) in [6.07, 6.45) is 1.74. The highest BCUT2D eigenvalue weighted by Crippen LogP contribution is 2.46. The molecule has 5 heteroatoms. The van der Waals surface area contributed by atoms with Gasteiger partial charge in [-0.15, -0.1) is 0 Å². The maximum Gasteiger partial charge on any atom is 0.310 e. The number of nitrogens with zero attached hydrogens (tertiary/aromatic N) is 1. The summed E-state index contributed by atoms with van der Waals surface area (Å²) in [5.74, 6) is -0.631. The monoisotopic (exact) mass is 427 g/mol. The normalized spacial score (nSPS) is 16.3. The Kier molecular flexibility index (Phi) is 5.51. The van der Waals surface area contributed by atoms with Crippen molar-refractivity contribution in [1.29, 1.82) is 0 Å². The van der Waals surface area contributed by atoms with Crippen molar-refractivity contribution < 1.29 is 14.3 Å². The molecule has 3 rings (SSSR count). The Labute approximate surface area is 168 Å². The van der Waals surface area contributed by atoms with E-state index in [2.05, 4.69) is 35.8 Å². The fraction of sp³-hybridized carbons (Fsp3) is 0.273. The minimum absolute atomic E-state index is 0.147. The van der Waals surface area contributed by atoms with Gasteiger partial charge in [0.15, 0.2) is 12.4 Å². The lowest BCUT2D eigenvalue weighted by molar-refractivity contribution is -0.146. The van der Waals surface area contributed by atoms with Crippen LogP contribution in [-0.2, 0) is 26.2 Å². The number of hydrogen-bond acceptors (Lipinski definition) is 4. The molecule has 27 heavy (non-hydrogen) atoms. The van der Waals surface area contributed by atoms with Gasteiger partial charge in [0.2, 0.25) is 0 Å². The van der Waals surface area contributed by atoms with Crippen molar-refractivity contribution in [2.24, 2.45) is 0 Å². The predicted octanol–water partition coefficient (Wildman–Crippen LogP) is 4.42. The lowest BCUT2D eigenvalue weighted by Crippen LogP contribution is -2.25. The highest BCUT2D eigenvalue weighted by molar-refractivity contribution is 9.10. The summed E-state index contributed by atoms with van der Waals surface area (Å²) < 4.78 is 6.12. The molecule has 0 saturated carbocycles. The average Bonchev–Trinajstić information content (AvgIpc) is 2.83. The number of ketones is 1. The first-order chi connectivity index (χ1) is 12.8. The molecule has 1 aliphatic rings. The van der Waals surface area contributed by atoms with E-state index in [0.717, 1.165) is 21.4 Å². The number of halogens is 1. The molecule has 4 nitrogen and oxygen atoms in total. The van der Waals surface area contributed by atoms with Crippen molar-refractivity contribution in [3.63, 3.8) is 0 Å². The van der Waals surface area contributed by atoms with Crippen LogP contribution in [0.3, 0.4) is 0 Å². The number of carbonyl (C=O) groups is 2. The number of likely N-dealkylation sites (N-methyl/N-ethyl adjacent to an activating group) is 1. The molecule has 2 aromatic carbocycles. The number of benzene rings is 2. The van der Waals surface area contributed by atoms with Gasteiger partial charge in [0.05, 0.1) is 6.42 Å². The molecule has 140 valence electrons. The third kappa shape index (κ3) is 4.14. The van der Waals surface area contributed by atoms with Gasteiger partial charge < -0.3 is 9.64 Å². The van der Waals surface area contributed by atoms with Crippen LogP contribution in [0, 0.1) is 0 Å². The molecule has 0 amide bonds. The van der Waals surface area contributed by atoms with Gasteiger partial charge in [0, 0.05) is 34.4 Å². The van der Waals surface area contributed by atoms with E-state index >= 15 is 0 Å². The van der Waals surface area contributed by atoms with Crippen molar-refractivity contribution in [2.45, 2.75) is 25.7 Å². The van der Waals surface area contributed by atoms with E-state index in [1.807, 2.05) is 54.4 Å². The van der Waals surface area contributed by atoms with E-state index in [-0.39, 0.29) is 24.2 Å². The number of allylic oxidation sites excluding steroid dienone is 1. The minimum atomic E-state index is -0.411. The molecule has 0 saturated heterocycles. The van der Waals surface area contributed by atoms with Crippen LogP contribution in [0.25, 0.3) is 0 Å². The Morgan fingerprint density at radius 2 is 1.78 bits per heavy atom. The van der Waals surface area contributed by atoms with Gasteiger partial charge >= 0.3 is 5.97 Å². The molecular formula is C22H22BrNO3. The predicted molar refractivity (Wildman–Crippen MR) is 110 cm³/mol. The number of carbonyl (C=O) groups excluding carboxylic acids is 2. The summed E-state index contributed by atoms with van der Waals surface area (Å²) in [6, 6.07) is 15.5. The summed E-state index contributed by atoms with van der Waals surface area (Å²) in [4.78, 5) is 26.4. The second kappa shape index (κ2) is 7.69. The number of hydrogen-bond donors (Lipinski definition) is 0. The number of para-hydroxylation sites is 1. The summed E-state index contributed by atoms with van der Waals surface area (Å²) in [5.41, 5.74) is 3.74. The first-order valence-corrected chi connectivity index (χ1v) is 9.56. The Bertz CT molecular complexity index is 900. The Morgan fingerprint density at radius 1 is 1.11 bits per heavy atom. The molecular weight excluding hydrogens is 406 g/mol. The molecule has 0 fully saturated rings. The zero-order valence-electron chi connectivity index (χ0n) is 15.7. The lowest BCUT2D eigenvalue weighted by atomic mass is 9.83. The molecule has 1 aliphatic heterocycles. The topological polar surface area (TPSA) is 46.6 Å². The zero-order chi connectivity index (χ0) is 19.6. The van der Waals surface area contributed by atoms with Crippen LogP contribution in [0.15, 0.2) is 64.8 Å². The fourth-order valence-corrected chi connectivity index (χ4v) is 3.69. The Morgan fingerprint density at radius 3 is 2.44 bits per heavy atom. The van der Waals surface area contributed by atoms with E-state index < -0.39 is 5.97 Å². The van der Waals surface area contributed by atoms with Gasteiger partial charge in [0.1, 0.15) is 0 Å². The van der Waals surface area contributed by atoms with E-state index in [4.69, 9.17) is 4.74 Å². The van der Waals surface area contributed by atoms with E-state index in [1.165, 1.54) is 5.56 Å². The van der Waals surface area contributed by atoms with Crippen molar-refractivity contribution in [1.82, 2.24) is 0 Å². The quantitative estimate of drug-likeness (QED) is 0.523. The Hall–Kier alpha value is -2.40. The van der Waals surface area contributed by atoms with E-state index in [9.17, 15) is 9.59 Å². The second-order valence-corrected chi connectivity index (χ2v) is 8.08. The van der Waals surface area contributed by atoms with Gasteiger partial charge in [-0.05, 0) is 29.3 Å². The molecule has 0 spiro atoms. The fourth-order valence-electron chi connectivity index (χ4n) is 3.42. The summed E-state index contributed by atoms with van der Waals surface area (Å²) in [6.45, 7) is 3.93. The summed E-state index contributed by atoms with van der Waals surface area (Å²) in [7, 11) is 1.95. The molecule has 0 aliphatic carbocycles. The van der Waals surface area contributed by atoms with Crippen molar-refractivity contribution in [2.75, 3.05) is 18.6 Å². The second-order valence-electron chi connectivity index (χ2n) is 7.16. The van der Waals surface area contributed by atoms with Gasteiger partial charge in [0.25, 0.3) is 0 Å². The number of ether oxygens (including phenoxy) is 1. The third-order valence-electron chi connectivity index (χ3n) is 4.88. The molecule has 0 aromatic heterocycles. The van der Waals surface area contributed by atoms with E-state index in [0.29, 0.717) is 0 Å². The summed E-state index contributed by atoms with van der Waals surface area (Å²) in [5, 5.41) is 0. The standard InChI is InChI=1S/C22H22BrNO3/c1-22(2)18-6-4-5-7-19(18)24(3)20(22)13-17(25)14-27-21(26)12-15-8-10-16(23)11-9-15/h4-11,13H,12,14H2,1-3H3/b20-13-. The highest BCUT2D eigenvalue weighted by Gasteiger charge is 2.38. The first kappa shape index (κ1) is 19.4. The van der Waals surface area contributed by atoms with Crippen molar-refractivity contribution in [3.8, 4) is 0 Å². The van der Waals surface area contributed by atoms with Crippen LogP contribution in [0.5, 0.6) is 0 Å². The third-order valence-corrected chi connectivity index (χ3v) is 5.40. The number of esters is 1. The maximum atomic E-state index is 12.4. The number of rotatable bonds is 5. The van der Waals surface area contributed by atoms with Crippen molar-refractivity contribution >= 4 is 33.4 Å². The molecule has 0 radical (unpaired) electrons. The van der Waals surface area contributed by atoms with Crippen LogP contribution in [0.4, 0.5) is 5.69 Å². The lowest BCUT2D eigenvalue weighted by Gasteiger charge is -2.23. The average molecular weight is 428 g/mol. The number of fused-ring (bicyclic) bond motifs is 1. The molecule has 0 unspecified atom stereocenters. The molecule has 0 N–H and O–H groups in total. The molecule has 2 aromatic rings. The van der Waals surface area contributed by atoms with Crippen molar-refractivity contribution in [3.05, 3.63) is 75.9 Å². The van der Waals surface area contributed by atoms with Gasteiger partial charge in [-0.25, -0.2) is 0 Å². The molecule has 1 heterocycles. The van der Waals surface area contributed by atoms with Gasteiger partial charge in [-0.3, -0.25) is 9.59 Å². The van der Waals surface area contributed by atoms with Crippen LogP contribution in [0.2, 0.25) is 0 Å². The van der Waals surface area contributed by atoms with E-state index in [1.54, 1.807) is 6.08 Å². The number of anilines is 1. The molecule has 0 bridgehead atoms. The minimum Gasteiger partial charge on any atom is -0.457 e. The van der Waals surface area contributed by atoms with Crippen LogP contribution < -0.4 is 4.90 Å². The van der Waals surface area contributed by atoms with Crippen LogP contribution >= 0.6 is 15.9 Å². The smallest absolute Gasteiger partial charge is 0.310 e. The zero-order valence-corrected chi connectivity index (χ0v) is 17.2. The Balaban J connectivity index is 1.63. The van der Waals surface area contributed by atoms with Gasteiger partial charge in [-0.2, -0.15) is 0 Å². The largest absolute Gasteiger partial charge is 0.457 e. The van der Waals surface area contributed by atoms with Crippen LogP contribution in [0.1, 0.15) is 25.0 Å². The maximum absolute atomic E-state index is 12.4. The highest BCUT2D eigenvalue weighted by atomic mass is 79.9. The van der Waals surface area contributed by atoms with Crippen LogP contribution in [-0.4, -0.2) is 25.4 Å². The first-order valence-electron chi connectivity index (χ1n) is 8.77. The van der Waals surface area contributed by atoms with Gasteiger partial charge in [-0.1, -0.05) is 60.1 Å². The molecule has 0 atom stereocenters. The summed E-state index contributed by atoms with van der Waals surface area (Å²) >= 11 is 3.36.